The van der Waals surface area contributed by atoms with Crippen LogP contribution in [0.3, 0.4) is 0 Å². The van der Waals surface area contributed by atoms with E-state index in [1.54, 1.807) is 0 Å². The van der Waals surface area contributed by atoms with Crippen molar-refractivity contribution in [1.29, 1.82) is 0 Å². The summed E-state index contributed by atoms with van der Waals surface area (Å²) in [5.41, 5.74) is -0.859. The van der Waals surface area contributed by atoms with E-state index in [0.29, 0.717) is 12.8 Å². The van der Waals surface area contributed by atoms with Crippen LogP contribution in [0.4, 0.5) is 13.2 Å². The van der Waals surface area contributed by atoms with Crippen LogP contribution >= 0.6 is 0 Å². The van der Waals surface area contributed by atoms with Gasteiger partial charge in [-0.2, -0.15) is 8.42 Å². The number of benzene rings is 1. The Balaban J connectivity index is 2.24. The van der Waals surface area contributed by atoms with Crippen molar-refractivity contribution in [1.82, 2.24) is 0 Å². The van der Waals surface area contributed by atoms with Crippen molar-refractivity contribution < 1.29 is 45.1 Å². The molecule has 0 spiro atoms. The van der Waals surface area contributed by atoms with Gasteiger partial charge in [-0.15, -0.1) is 13.2 Å². The molecule has 0 aliphatic heterocycles. The third-order valence-corrected chi connectivity index (χ3v) is 5.43. The van der Waals surface area contributed by atoms with Crippen LogP contribution < -0.4 is 9.47 Å². The number of carbonyl (C=O) groups is 1. The molecule has 0 radical (unpaired) electrons. The molecule has 170 valence electrons. The number of esters is 1. The Morgan fingerprint density at radius 2 is 1.70 bits per heavy atom. The smallest absolute Gasteiger partial charge is 0.484 e. The van der Waals surface area contributed by atoms with Crippen LogP contribution in [0.15, 0.2) is 18.2 Å². The maximum Gasteiger partial charge on any atom is 0.573 e. The lowest BCUT2D eigenvalue weighted by Gasteiger charge is -2.33. The lowest BCUT2D eigenvalue weighted by Crippen LogP contribution is -2.33. The Bertz CT molecular complexity index is 829. The van der Waals surface area contributed by atoms with E-state index < -0.39 is 46.2 Å². The van der Waals surface area contributed by atoms with Gasteiger partial charge < -0.3 is 14.2 Å². The number of rotatable bonds is 7. The molecule has 1 N–H and O–H groups in total. The van der Waals surface area contributed by atoms with Crippen LogP contribution in [0.5, 0.6) is 11.5 Å². The first-order valence-corrected chi connectivity index (χ1v) is 11.2. The molecule has 0 bridgehead atoms. The highest BCUT2D eigenvalue weighted by Crippen LogP contribution is 2.38. The molecule has 11 heteroatoms. The topological polar surface area (TPSA) is 99.1 Å². The minimum atomic E-state index is -4.95. The fourth-order valence-electron chi connectivity index (χ4n) is 3.27. The van der Waals surface area contributed by atoms with E-state index in [9.17, 15) is 26.4 Å². The molecule has 0 saturated heterocycles. The van der Waals surface area contributed by atoms with Gasteiger partial charge in [-0.05, 0) is 50.8 Å². The molecule has 1 aliphatic rings. The van der Waals surface area contributed by atoms with Crippen LogP contribution in [0.1, 0.15) is 62.2 Å². The Morgan fingerprint density at radius 3 is 2.27 bits per heavy atom. The lowest BCUT2D eigenvalue weighted by atomic mass is 9.88. The number of alkyl halides is 3. The first-order valence-electron chi connectivity index (χ1n) is 9.58. The molecule has 1 aliphatic carbocycles. The van der Waals surface area contributed by atoms with Crippen molar-refractivity contribution in [3.05, 3.63) is 23.8 Å². The van der Waals surface area contributed by atoms with E-state index in [0.717, 1.165) is 50.3 Å². The zero-order chi connectivity index (χ0) is 22.4. The highest BCUT2D eigenvalue weighted by atomic mass is 32.2. The van der Waals surface area contributed by atoms with Gasteiger partial charge in [0.25, 0.3) is 10.1 Å². The molecule has 1 saturated carbocycles. The molecule has 0 amide bonds. The first-order chi connectivity index (χ1) is 13.9. The number of ether oxygens (including phenoxy) is 3. The van der Waals surface area contributed by atoms with Crippen molar-refractivity contribution in [2.45, 2.75) is 63.8 Å². The van der Waals surface area contributed by atoms with Crippen molar-refractivity contribution in [2.75, 3.05) is 12.4 Å². The molecular formula is C19H25F3O7S. The predicted molar refractivity (Wildman–Crippen MR) is 101 cm³/mol. The fourth-order valence-corrected chi connectivity index (χ4v) is 3.56. The molecule has 7 nitrogen and oxygen atoms in total. The van der Waals surface area contributed by atoms with Gasteiger partial charge in [0, 0.05) is 0 Å². The van der Waals surface area contributed by atoms with Crippen LogP contribution in [0, 0.1) is 0 Å². The molecule has 2 rings (SSSR count). The fraction of sp³-hybridized carbons (Fsp3) is 0.632. The standard InChI is InChI=1S/C19H25F3O7S/c1-18(9-5-3-2-4-6-10-18)28-16-13-14(7-8-15(16)29-19(20,21)22)17(23)27-11-12-30(24,25)26/h7-8,13H,2-6,9-12H2,1H3,(H,24,25,26). The van der Waals surface area contributed by atoms with E-state index in [-0.39, 0.29) is 11.3 Å². The Hall–Kier alpha value is -2.01. The molecular weight excluding hydrogens is 429 g/mol. The Labute approximate surface area is 173 Å². The third-order valence-electron chi connectivity index (χ3n) is 4.75. The van der Waals surface area contributed by atoms with Crippen molar-refractivity contribution in [2.24, 2.45) is 0 Å². The number of hydrogen-bond acceptors (Lipinski definition) is 6. The van der Waals surface area contributed by atoms with Crippen molar-refractivity contribution in [3.63, 3.8) is 0 Å². The maximum absolute atomic E-state index is 12.8. The number of hydrogen-bond donors (Lipinski definition) is 1. The predicted octanol–water partition coefficient (Wildman–Crippen LogP) is 4.51. The molecule has 0 unspecified atom stereocenters. The summed E-state index contributed by atoms with van der Waals surface area (Å²) >= 11 is 0. The summed E-state index contributed by atoms with van der Waals surface area (Å²) < 4.78 is 83.2. The van der Waals surface area contributed by atoms with Gasteiger partial charge in [-0.3, -0.25) is 4.55 Å². The average molecular weight is 454 g/mol. The van der Waals surface area contributed by atoms with Gasteiger partial charge in [0.1, 0.15) is 18.0 Å². The van der Waals surface area contributed by atoms with Gasteiger partial charge in [-0.1, -0.05) is 19.3 Å². The minimum absolute atomic E-state index is 0.135. The summed E-state index contributed by atoms with van der Waals surface area (Å²) in [7, 11) is -4.32. The Morgan fingerprint density at radius 1 is 1.10 bits per heavy atom. The van der Waals surface area contributed by atoms with Gasteiger partial charge in [-0.25, -0.2) is 4.79 Å². The van der Waals surface area contributed by atoms with Crippen LogP contribution in [-0.4, -0.2) is 43.3 Å². The molecule has 0 aromatic heterocycles. The van der Waals surface area contributed by atoms with E-state index in [1.807, 2.05) is 6.92 Å². The zero-order valence-corrected chi connectivity index (χ0v) is 17.4. The van der Waals surface area contributed by atoms with Crippen LogP contribution in [0.25, 0.3) is 0 Å². The third kappa shape index (κ3) is 8.39. The Kier molecular flexibility index (Phi) is 7.98. The normalized spacial score (nSPS) is 17.5. The quantitative estimate of drug-likeness (QED) is 0.478. The summed E-state index contributed by atoms with van der Waals surface area (Å²) in [5, 5.41) is 0. The van der Waals surface area contributed by atoms with E-state index in [4.69, 9.17) is 14.0 Å². The average Bonchev–Trinajstić information content (AvgIpc) is 2.58. The molecule has 1 aromatic carbocycles. The summed E-state index contributed by atoms with van der Waals surface area (Å²) in [5.74, 6) is -2.60. The zero-order valence-electron chi connectivity index (χ0n) is 16.5. The molecule has 30 heavy (non-hydrogen) atoms. The van der Waals surface area contributed by atoms with Crippen LogP contribution in [0.2, 0.25) is 0 Å². The van der Waals surface area contributed by atoms with E-state index in [2.05, 4.69) is 4.74 Å². The molecule has 1 fully saturated rings. The van der Waals surface area contributed by atoms with Crippen molar-refractivity contribution in [3.8, 4) is 11.5 Å². The van der Waals surface area contributed by atoms with Gasteiger partial charge in [0.2, 0.25) is 0 Å². The highest BCUT2D eigenvalue weighted by Gasteiger charge is 2.35. The van der Waals surface area contributed by atoms with Crippen molar-refractivity contribution >= 4 is 16.1 Å². The maximum atomic E-state index is 12.8. The van der Waals surface area contributed by atoms with E-state index >= 15 is 0 Å². The molecule has 0 atom stereocenters. The van der Waals surface area contributed by atoms with Gasteiger partial charge in [0.15, 0.2) is 11.5 Å². The SMILES string of the molecule is CC1(Oc2cc(C(=O)OCCS(=O)(=O)O)ccc2OC(F)(F)F)CCCCCCC1. The summed E-state index contributed by atoms with van der Waals surface area (Å²) in [6.45, 7) is 1.21. The summed E-state index contributed by atoms with van der Waals surface area (Å²) in [4.78, 5) is 12.1. The second-order valence-corrected chi connectivity index (χ2v) is 9.02. The first kappa shape index (κ1) is 24.3. The number of halogens is 3. The summed E-state index contributed by atoms with van der Waals surface area (Å²) in [6.07, 6.45) is 1.17. The van der Waals surface area contributed by atoms with Gasteiger partial charge in [0.05, 0.1) is 5.56 Å². The minimum Gasteiger partial charge on any atom is -0.484 e. The lowest BCUT2D eigenvalue weighted by molar-refractivity contribution is -0.275. The van der Waals surface area contributed by atoms with Crippen LogP contribution in [-0.2, 0) is 14.9 Å². The number of carbonyl (C=O) groups excluding carboxylic acids is 1. The largest absolute Gasteiger partial charge is 0.573 e. The highest BCUT2D eigenvalue weighted by molar-refractivity contribution is 7.85. The summed E-state index contributed by atoms with van der Waals surface area (Å²) in [6, 6.07) is 3.10. The second-order valence-electron chi connectivity index (χ2n) is 7.45. The second kappa shape index (κ2) is 9.86. The van der Waals surface area contributed by atoms with Gasteiger partial charge >= 0.3 is 12.3 Å². The molecule has 1 aromatic rings. The van der Waals surface area contributed by atoms with E-state index in [1.165, 1.54) is 0 Å². The molecule has 0 heterocycles. The monoisotopic (exact) mass is 454 g/mol.